The molecule has 0 aromatic rings. The van der Waals surface area contributed by atoms with E-state index in [4.69, 9.17) is 25.3 Å². The van der Waals surface area contributed by atoms with Crippen LogP contribution in [0, 0.1) is 0 Å². The van der Waals surface area contributed by atoms with Crippen LogP contribution in [-0.2, 0) is 0 Å². The summed E-state index contributed by atoms with van der Waals surface area (Å²) in [6.07, 6.45) is 0. The molecule has 0 aliphatic rings. The van der Waals surface area contributed by atoms with Gasteiger partial charge < -0.3 is 25.3 Å². The summed E-state index contributed by atoms with van der Waals surface area (Å²) in [6.45, 7) is 6.31. The van der Waals surface area contributed by atoms with E-state index in [1.54, 1.807) is 27.7 Å². The van der Waals surface area contributed by atoms with Crippen LogP contribution in [0.1, 0.15) is 27.7 Å². The summed E-state index contributed by atoms with van der Waals surface area (Å²) in [5.41, 5.74) is -2.01. The number of aliphatic hydroxyl groups is 2. The van der Waals surface area contributed by atoms with Crippen molar-refractivity contribution in [3.05, 3.63) is 0 Å². The molecule has 13 heavy (non-hydrogen) atoms. The molecule has 0 unspecified atom stereocenters. The monoisotopic (exact) mass is 188 g/mol. The molecule has 0 aromatic carbocycles. The van der Waals surface area contributed by atoms with Crippen LogP contribution in [0.25, 0.3) is 0 Å². The topological polar surface area (TPSA) is 110 Å². The van der Waals surface area contributed by atoms with Crippen molar-refractivity contribution >= 4 is 15.7 Å². The van der Waals surface area contributed by atoms with E-state index >= 15 is 0 Å². The fraction of sp³-hybridized carbons (Fsp3) is 1.00. The molecule has 0 saturated heterocycles. The SMILES string of the molecule is CC(C)(O)C(C)(C)O.[B+3].[O-]B([O-])[O-]. The third-order valence-electron chi connectivity index (χ3n) is 1.50. The molecule has 0 fully saturated rings. The Morgan fingerprint density at radius 1 is 0.846 bits per heavy atom. The van der Waals surface area contributed by atoms with E-state index in [-0.39, 0.29) is 8.41 Å². The van der Waals surface area contributed by atoms with E-state index in [0.717, 1.165) is 0 Å². The summed E-state index contributed by atoms with van der Waals surface area (Å²) in [6, 6.07) is 0. The van der Waals surface area contributed by atoms with Gasteiger partial charge in [-0.05, 0) is 27.7 Å². The van der Waals surface area contributed by atoms with E-state index in [2.05, 4.69) is 0 Å². The Kier molecular flexibility index (Phi) is 9.18. The van der Waals surface area contributed by atoms with Crippen molar-refractivity contribution in [2.45, 2.75) is 38.9 Å². The van der Waals surface area contributed by atoms with Crippen molar-refractivity contribution < 1.29 is 25.3 Å². The fourth-order valence-corrected chi connectivity index (χ4v) is 0. The van der Waals surface area contributed by atoms with Crippen LogP contribution < -0.4 is 15.1 Å². The Balaban J connectivity index is -0.000000173. The van der Waals surface area contributed by atoms with E-state index in [9.17, 15) is 0 Å². The third-order valence-corrected chi connectivity index (χ3v) is 1.50. The van der Waals surface area contributed by atoms with Crippen molar-refractivity contribution in [3.63, 3.8) is 0 Å². The van der Waals surface area contributed by atoms with Crippen molar-refractivity contribution in [3.8, 4) is 0 Å². The first kappa shape index (κ1) is 18.7. The fourth-order valence-electron chi connectivity index (χ4n) is 0. The minimum absolute atomic E-state index is 0. The van der Waals surface area contributed by atoms with Gasteiger partial charge in [-0.25, -0.2) is 0 Å². The molecule has 0 aromatic heterocycles. The van der Waals surface area contributed by atoms with Gasteiger partial charge in [0.05, 0.1) is 11.2 Å². The van der Waals surface area contributed by atoms with E-state index < -0.39 is 18.5 Å². The zero-order valence-electron chi connectivity index (χ0n) is 8.27. The molecule has 0 amide bonds. The summed E-state index contributed by atoms with van der Waals surface area (Å²) < 4.78 is 0. The third kappa shape index (κ3) is 14.8. The minimum Gasteiger partial charge on any atom is -0.907 e. The van der Waals surface area contributed by atoms with Crippen molar-refractivity contribution in [2.24, 2.45) is 0 Å². The zero-order chi connectivity index (χ0) is 10.6. The first-order valence-corrected chi connectivity index (χ1v) is 3.40. The van der Waals surface area contributed by atoms with Gasteiger partial charge in [0.15, 0.2) is 0 Å². The molecular weight excluding hydrogens is 174 g/mol. The molecular formula is C6H14B2O5. The smallest absolute Gasteiger partial charge is 0.907 e. The molecule has 74 valence electrons. The molecule has 0 saturated carbocycles. The van der Waals surface area contributed by atoms with Crippen LogP contribution in [0.5, 0.6) is 0 Å². The Morgan fingerprint density at radius 3 is 0.923 bits per heavy atom. The van der Waals surface area contributed by atoms with Gasteiger partial charge in [0, 0.05) is 0 Å². The molecule has 0 heterocycles. The Hall–Kier alpha value is -0.0701. The predicted molar refractivity (Wildman–Crippen MR) is 44.1 cm³/mol. The maximum Gasteiger partial charge on any atom is 3.00 e. The largest absolute Gasteiger partial charge is 3.00 e. The van der Waals surface area contributed by atoms with Gasteiger partial charge in [-0.15, -0.1) is 0 Å². The normalized spacial score (nSPS) is 10.8. The molecule has 0 bridgehead atoms. The zero-order valence-corrected chi connectivity index (χ0v) is 8.27. The summed E-state index contributed by atoms with van der Waals surface area (Å²) >= 11 is 0. The van der Waals surface area contributed by atoms with Crippen molar-refractivity contribution in [1.82, 2.24) is 0 Å². The second kappa shape index (κ2) is 6.39. The molecule has 0 radical (unpaired) electrons. The van der Waals surface area contributed by atoms with Gasteiger partial charge in [0.25, 0.3) is 0 Å². The standard InChI is InChI=1S/C6H14O2.BO3.B/c1-5(2,7)6(3,4)8;2-1(3)4;/h7-8H,1-4H3;;/q;-3;+3. The molecule has 7 heteroatoms. The quantitative estimate of drug-likeness (QED) is 0.410. The van der Waals surface area contributed by atoms with Crippen LogP contribution in [0.15, 0.2) is 0 Å². The summed E-state index contributed by atoms with van der Waals surface area (Å²) in [5, 5.41) is 43.5. The van der Waals surface area contributed by atoms with Crippen LogP contribution >= 0.6 is 0 Å². The van der Waals surface area contributed by atoms with E-state index in [0.29, 0.717) is 0 Å². The second-order valence-corrected chi connectivity index (χ2v) is 3.41. The number of hydrogen-bond donors (Lipinski definition) is 2. The molecule has 0 atom stereocenters. The number of hydrogen-bond acceptors (Lipinski definition) is 5. The van der Waals surface area contributed by atoms with Crippen molar-refractivity contribution in [1.29, 1.82) is 0 Å². The van der Waals surface area contributed by atoms with Gasteiger partial charge in [-0.1, -0.05) is 0 Å². The summed E-state index contributed by atoms with van der Waals surface area (Å²) in [4.78, 5) is 0. The maximum atomic E-state index is 9.10. The van der Waals surface area contributed by atoms with E-state index in [1.165, 1.54) is 0 Å². The average molecular weight is 188 g/mol. The van der Waals surface area contributed by atoms with Gasteiger partial charge in [0.2, 0.25) is 0 Å². The van der Waals surface area contributed by atoms with Crippen LogP contribution in [0.3, 0.4) is 0 Å². The van der Waals surface area contributed by atoms with Crippen LogP contribution in [0.4, 0.5) is 0 Å². The minimum atomic E-state index is -2.92. The Morgan fingerprint density at radius 2 is 0.923 bits per heavy atom. The Bertz CT molecular complexity index is 100. The van der Waals surface area contributed by atoms with Gasteiger partial charge in [-0.2, -0.15) is 0 Å². The molecule has 2 N–H and O–H groups in total. The second-order valence-electron chi connectivity index (χ2n) is 3.41. The van der Waals surface area contributed by atoms with Gasteiger partial charge >= 0.3 is 8.41 Å². The first-order chi connectivity index (χ1) is 4.98. The molecule has 0 rings (SSSR count). The van der Waals surface area contributed by atoms with Gasteiger partial charge in [-0.3, -0.25) is 7.32 Å². The van der Waals surface area contributed by atoms with Crippen LogP contribution in [-0.4, -0.2) is 37.1 Å². The molecule has 0 spiro atoms. The average Bonchev–Trinajstić information content (AvgIpc) is 1.55. The summed E-state index contributed by atoms with van der Waals surface area (Å²) in [5.74, 6) is 0. The molecule has 0 aliphatic heterocycles. The van der Waals surface area contributed by atoms with Gasteiger partial charge in [0.1, 0.15) is 0 Å². The Labute approximate surface area is 80.8 Å². The molecule has 5 nitrogen and oxygen atoms in total. The summed E-state index contributed by atoms with van der Waals surface area (Å²) in [7, 11) is -2.92. The number of rotatable bonds is 1. The van der Waals surface area contributed by atoms with E-state index in [1.807, 2.05) is 0 Å². The first-order valence-electron chi connectivity index (χ1n) is 3.40. The molecule has 0 aliphatic carbocycles. The van der Waals surface area contributed by atoms with Crippen LogP contribution in [0.2, 0.25) is 0 Å². The maximum absolute atomic E-state index is 9.10. The predicted octanol–water partition coefficient (Wildman–Crippen LogP) is -3.80. The van der Waals surface area contributed by atoms with Crippen molar-refractivity contribution in [2.75, 3.05) is 0 Å².